The van der Waals surface area contributed by atoms with E-state index in [1.165, 1.54) is 0 Å². The molecule has 1 rings (SSSR count). The molecule has 2 amide bonds. The molecular weight excluding hydrogens is 266 g/mol. The minimum Gasteiger partial charge on any atom is -0.444 e. The van der Waals surface area contributed by atoms with Gasteiger partial charge in [0.1, 0.15) is 12.1 Å². The van der Waals surface area contributed by atoms with E-state index in [9.17, 15) is 9.59 Å². The van der Waals surface area contributed by atoms with Crippen molar-refractivity contribution in [2.75, 3.05) is 6.54 Å². The highest BCUT2D eigenvalue weighted by atomic mass is 16.6. The average Bonchev–Trinajstić information content (AvgIpc) is 2.74. The molecule has 10 heteroatoms. The Bertz CT molecular complexity index is 466. The van der Waals surface area contributed by atoms with Gasteiger partial charge in [0.05, 0.1) is 0 Å². The summed E-state index contributed by atoms with van der Waals surface area (Å²) in [7, 11) is 0. The number of rotatable bonds is 5. The number of aromatic nitrogens is 4. The number of nitrogens with one attached hydrogen (secondary N) is 2. The van der Waals surface area contributed by atoms with Gasteiger partial charge in [-0.2, -0.15) is 4.80 Å². The molecule has 0 saturated heterocycles. The Kier molecular flexibility index (Phi) is 5.38. The molecule has 0 saturated carbocycles. The van der Waals surface area contributed by atoms with Gasteiger partial charge in [-0.25, -0.2) is 10.6 Å². The molecule has 0 radical (unpaired) electrons. The second kappa shape index (κ2) is 6.80. The van der Waals surface area contributed by atoms with Crippen LogP contribution in [-0.2, 0) is 22.5 Å². The first-order valence-corrected chi connectivity index (χ1v) is 6.03. The Hall–Kier alpha value is -2.23. The summed E-state index contributed by atoms with van der Waals surface area (Å²) >= 11 is 0. The number of alkyl carbamates (subject to hydrolysis) is 1. The van der Waals surface area contributed by atoms with Gasteiger partial charge in [0, 0.05) is 13.0 Å². The topological polar surface area (TPSA) is 137 Å². The van der Waals surface area contributed by atoms with Crippen LogP contribution in [-0.4, -0.2) is 44.4 Å². The molecule has 1 aromatic rings. The monoisotopic (exact) mass is 285 g/mol. The zero-order valence-electron chi connectivity index (χ0n) is 11.7. The third kappa shape index (κ3) is 6.09. The van der Waals surface area contributed by atoms with Gasteiger partial charge < -0.3 is 10.1 Å². The smallest absolute Gasteiger partial charge is 0.407 e. The van der Waals surface area contributed by atoms with E-state index in [-0.39, 0.29) is 6.54 Å². The van der Waals surface area contributed by atoms with Crippen molar-refractivity contribution in [3.63, 3.8) is 0 Å². The fourth-order valence-electron chi connectivity index (χ4n) is 1.21. The summed E-state index contributed by atoms with van der Waals surface area (Å²) < 4.78 is 5.07. The fourth-order valence-corrected chi connectivity index (χ4v) is 1.21. The predicted octanol–water partition coefficient (Wildman–Crippen LogP) is -1.27. The van der Waals surface area contributed by atoms with E-state index in [0.29, 0.717) is 18.8 Å². The lowest BCUT2D eigenvalue weighted by molar-refractivity contribution is -0.122. The van der Waals surface area contributed by atoms with Crippen LogP contribution in [0.15, 0.2) is 0 Å². The van der Waals surface area contributed by atoms with Gasteiger partial charge in [-0.3, -0.25) is 10.2 Å². The van der Waals surface area contributed by atoms with Gasteiger partial charge in [0.25, 0.3) is 5.91 Å². The Morgan fingerprint density at radius 2 is 2.10 bits per heavy atom. The number of hydrogen-bond donors (Lipinski definition) is 3. The molecule has 0 aromatic carbocycles. The number of carbonyl (C=O) groups is 2. The van der Waals surface area contributed by atoms with E-state index < -0.39 is 17.6 Å². The molecule has 4 N–H and O–H groups in total. The van der Waals surface area contributed by atoms with Crippen LogP contribution in [0, 0.1) is 0 Å². The molecule has 0 bridgehead atoms. The van der Waals surface area contributed by atoms with Crippen molar-refractivity contribution in [1.29, 1.82) is 0 Å². The van der Waals surface area contributed by atoms with Crippen molar-refractivity contribution in [3.05, 3.63) is 5.82 Å². The van der Waals surface area contributed by atoms with Crippen molar-refractivity contribution in [1.82, 2.24) is 30.9 Å². The molecular formula is C10H19N7O3. The van der Waals surface area contributed by atoms with Crippen LogP contribution in [0.4, 0.5) is 4.79 Å². The van der Waals surface area contributed by atoms with Crippen LogP contribution in [0.2, 0.25) is 0 Å². The van der Waals surface area contributed by atoms with Crippen LogP contribution in [0.5, 0.6) is 0 Å². The highest BCUT2D eigenvalue weighted by molar-refractivity contribution is 5.74. The summed E-state index contributed by atoms with van der Waals surface area (Å²) in [5.41, 5.74) is 1.42. The Morgan fingerprint density at radius 1 is 1.40 bits per heavy atom. The van der Waals surface area contributed by atoms with Crippen molar-refractivity contribution in [2.24, 2.45) is 5.84 Å². The summed E-state index contributed by atoms with van der Waals surface area (Å²) in [4.78, 5) is 23.5. The van der Waals surface area contributed by atoms with Gasteiger partial charge in [0.2, 0.25) is 0 Å². The second-order valence-electron chi connectivity index (χ2n) is 4.98. The lowest BCUT2D eigenvalue weighted by Gasteiger charge is -2.19. The van der Waals surface area contributed by atoms with Crippen LogP contribution < -0.4 is 16.6 Å². The molecule has 1 heterocycles. The van der Waals surface area contributed by atoms with Gasteiger partial charge in [-0.05, 0) is 26.0 Å². The Labute approximate surface area is 116 Å². The zero-order chi connectivity index (χ0) is 15.2. The van der Waals surface area contributed by atoms with Crippen LogP contribution >= 0.6 is 0 Å². The normalized spacial score (nSPS) is 11.0. The molecule has 1 aromatic heterocycles. The largest absolute Gasteiger partial charge is 0.444 e. The molecule has 112 valence electrons. The highest BCUT2D eigenvalue weighted by Crippen LogP contribution is 2.06. The first-order valence-electron chi connectivity index (χ1n) is 6.03. The molecule has 0 atom stereocenters. The van der Waals surface area contributed by atoms with Crippen molar-refractivity contribution in [2.45, 2.75) is 39.3 Å². The number of hydrazine groups is 1. The van der Waals surface area contributed by atoms with E-state index in [4.69, 9.17) is 10.6 Å². The summed E-state index contributed by atoms with van der Waals surface area (Å²) in [6.45, 7) is 5.54. The van der Waals surface area contributed by atoms with Crippen LogP contribution in [0.25, 0.3) is 0 Å². The standard InChI is InChI=1S/C10H19N7O3/c1-10(2,3)20-9(19)12-5-4-7-14-16-17(15-7)6-8(18)13-11/h4-6,11H2,1-3H3,(H,12,19)(H,13,18). The third-order valence-corrected chi connectivity index (χ3v) is 1.96. The zero-order valence-corrected chi connectivity index (χ0v) is 11.7. The van der Waals surface area contributed by atoms with Gasteiger partial charge in [-0.1, -0.05) is 0 Å². The van der Waals surface area contributed by atoms with E-state index in [1.54, 1.807) is 20.8 Å². The molecule has 10 nitrogen and oxygen atoms in total. The second-order valence-corrected chi connectivity index (χ2v) is 4.98. The molecule has 0 spiro atoms. The molecule has 0 unspecified atom stereocenters. The Balaban J connectivity index is 2.32. The number of tetrazole rings is 1. The lowest BCUT2D eigenvalue weighted by Crippen LogP contribution is -2.34. The maximum atomic E-state index is 11.4. The van der Waals surface area contributed by atoms with E-state index in [0.717, 1.165) is 4.80 Å². The average molecular weight is 285 g/mol. The SMILES string of the molecule is CC(C)(C)OC(=O)NCCc1nnn(CC(=O)NN)n1. The van der Waals surface area contributed by atoms with Gasteiger partial charge >= 0.3 is 6.09 Å². The summed E-state index contributed by atoms with van der Waals surface area (Å²) in [6, 6.07) is 0. The molecule has 0 fully saturated rings. The Morgan fingerprint density at radius 3 is 2.70 bits per heavy atom. The highest BCUT2D eigenvalue weighted by Gasteiger charge is 2.15. The first kappa shape index (κ1) is 15.8. The lowest BCUT2D eigenvalue weighted by atomic mass is 10.2. The molecule has 0 aliphatic carbocycles. The van der Waals surface area contributed by atoms with Crippen molar-refractivity contribution < 1.29 is 14.3 Å². The maximum absolute atomic E-state index is 11.4. The number of nitrogens with two attached hydrogens (primary N) is 1. The van der Waals surface area contributed by atoms with E-state index >= 15 is 0 Å². The van der Waals surface area contributed by atoms with Crippen LogP contribution in [0.1, 0.15) is 26.6 Å². The minimum atomic E-state index is -0.541. The number of ether oxygens (including phenoxy) is 1. The number of amides is 2. The maximum Gasteiger partial charge on any atom is 0.407 e. The summed E-state index contributed by atoms with van der Waals surface area (Å²) in [5.74, 6) is 4.92. The van der Waals surface area contributed by atoms with Crippen LogP contribution in [0.3, 0.4) is 0 Å². The van der Waals surface area contributed by atoms with Gasteiger partial charge in [-0.15, -0.1) is 10.2 Å². The quantitative estimate of drug-likeness (QED) is 0.348. The fraction of sp³-hybridized carbons (Fsp3) is 0.700. The molecule has 20 heavy (non-hydrogen) atoms. The predicted molar refractivity (Wildman–Crippen MR) is 68.1 cm³/mol. The van der Waals surface area contributed by atoms with Crippen molar-refractivity contribution >= 4 is 12.0 Å². The summed E-state index contributed by atoms with van der Waals surface area (Å²) in [5, 5.41) is 13.9. The van der Waals surface area contributed by atoms with E-state index in [1.807, 2.05) is 5.43 Å². The number of hydrogen-bond acceptors (Lipinski definition) is 7. The first-order chi connectivity index (χ1) is 9.30. The summed E-state index contributed by atoms with van der Waals surface area (Å²) in [6.07, 6.45) is -0.129. The number of carbonyl (C=O) groups excluding carboxylic acids is 2. The third-order valence-electron chi connectivity index (χ3n) is 1.96. The molecule has 0 aliphatic rings. The minimum absolute atomic E-state index is 0.108. The van der Waals surface area contributed by atoms with Gasteiger partial charge in [0.15, 0.2) is 5.82 Å². The molecule has 0 aliphatic heterocycles. The van der Waals surface area contributed by atoms with Crippen molar-refractivity contribution in [3.8, 4) is 0 Å². The number of nitrogens with zero attached hydrogens (tertiary/aromatic N) is 4. The van der Waals surface area contributed by atoms with E-state index in [2.05, 4.69) is 20.7 Å².